The van der Waals surface area contributed by atoms with Crippen LogP contribution >= 0.6 is 0 Å². The predicted molar refractivity (Wildman–Crippen MR) is 44.5 cm³/mol. The van der Waals surface area contributed by atoms with Gasteiger partial charge in [0.15, 0.2) is 0 Å². The van der Waals surface area contributed by atoms with Gasteiger partial charge in [-0.25, -0.2) is 0 Å². The third-order valence-corrected chi connectivity index (χ3v) is 1.49. The molecule has 0 bridgehead atoms. The van der Waals surface area contributed by atoms with E-state index in [4.69, 9.17) is 11.6 Å². The van der Waals surface area contributed by atoms with Crippen molar-refractivity contribution in [1.29, 1.82) is 0 Å². The Kier molecular flexibility index (Phi) is 7.08. The van der Waals surface area contributed by atoms with Crippen molar-refractivity contribution in [2.75, 3.05) is 6.54 Å². The molecule has 0 aliphatic rings. The van der Waals surface area contributed by atoms with Crippen molar-refractivity contribution in [3.05, 3.63) is 0 Å². The third kappa shape index (κ3) is 9.39. The number of nitrogens with two attached hydrogens (primary N) is 2. The molecule has 0 atom stereocenters. The zero-order chi connectivity index (χ0) is 8.53. The van der Waals surface area contributed by atoms with Crippen LogP contribution in [-0.4, -0.2) is 12.5 Å². The molecule has 0 rings (SSSR count). The molecule has 0 fully saturated rings. The molecule has 66 valence electrons. The highest BCUT2D eigenvalue weighted by Gasteiger charge is 1.93. The Morgan fingerprint density at radius 1 is 1.18 bits per heavy atom. The standard InChI is InChI=1S/C7H17N3O/c8-7(11)5-3-1-2-4-6-10-9/h10H,1-6,9H2,(H2,8,11). The summed E-state index contributed by atoms with van der Waals surface area (Å²) in [6.07, 6.45) is 4.65. The number of rotatable bonds is 7. The molecule has 0 saturated carbocycles. The highest BCUT2D eigenvalue weighted by Crippen LogP contribution is 2.01. The van der Waals surface area contributed by atoms with Crippen LogP contribution in [0.25, 0.3) is 0 Å². The van der Waals surface area contributed by atoms with Gasteiger partial charge in [0.1, 0.15) is 0 Å². The number of primary amides is 1. The molecule has 0 spiro atoms. The molecule has 0 aromatic heterocycles. The van der Waals surface area contributed by atoms with E-state index in [9.17, 15) is 4.79 Å². The summed E-state index contributed by atoms with van der Waals surface area (Å²) >= 11 is 0. The van der Waals surface area contributed by atoms with Gasteiger partial charge >= 0.3 is 0 Å². The molecule has 0 aliphatic heterocycles. The number of hydrazine groups is 1. The summed E-state index contributed by atoms with van der Waals surface area (Å²) in [5.41, 5.74) is 7.54. The molecule has 0 aromatic rings. The van der Waals surface area contributed by atoms with Crippen molar-refractivity contribution in [3.63, 3.8) is 0 Å². The van der Waals surface area contributed by atoms with Crippen LogP contribution in [0.1, 0.15) is 32.1 Å². The molecule has 0 radical (unpaired) electrons. The van der Waals surface area contributed by atoms with Crippen LogP contribution in [0.5, 0.6) is 0 Å². The Labute approximate surface area is 67.3 Å². The first-order valence-electron chi connectivity index (χ1n) is 3.99. The Bertz CT molecular complexity index is 106. The fraction of sp³-hybridized carbons (Fsp3) is 0.857. The van der Waals surface area contributed by atoms with Crippen LogP contribution in [0, 0.1) is 0 Å². The Morgan fingerprint density at radius 2 is 1.82 bits per heavy atom. The van der Waals surface area contributed by atoms with Crippen LogP contribution in [0.15, 0.2) is 0 Å². The van der Waals surface area contributed by atoms with E-state index < -0.39 is 0 Å². The molecule has 0 unspecified atom stereocenters. The maximum atomic E-state index is 10.3. The first-order valence-corrected chi connectivity index (χ1v) is 3.99. The van der Waals surface area contributed by atoms with Gasteiger partial charge in [-0.1, -0.05) is 12.8 Å². The number of carbonyl (C=O) groups is 1. The summed E-state index contributed by atoms with van der Waals surface area (Å²) in [7, 11) is 0. The Morgan fingerprint density at radius 3 is 2.36 bits per heavy atom. The fourth-order valence-electron chi connectivity index (χ4n) is 0.880. The largest absolute Gasteiger partial charge is 0.370 e. The monoisotopic (exact) mass is 159 g/mol. The summed E-state index contributed by atoms with van der Waals surface area (Å²) in [5, 5.41) is 0. The van der Waals surface area contributed by atoms with Gasteiger partial charge in [-0.05, 0) is 12.8 Å². The lowest BCUT2D eigenvalue weighted by molar-refractivity contribution is -0.118. The predicted octanol–water partition coefficient (Wildman–Crippen LogP) is -0.115. The van der Waals surface area contributed by atoms with Crippen molar-refractivity contribution in [3.8, 4) is 0 Å². The van der Waals surface area contributed by atoms with E-state index in [1.54, 1.807) is 0 Å². The van der Waals surface area contributed by atoms with Gasteiger partial charge in [0.05, 0.1) is 0 Å². The fourth-order valence-corrected chi connectivity index (χ4v) is 0.880. The number of hydrogen-bond donors (Lipinski definition) is 3. The second-order valence-electron chi connectivity index (χ2n) is 2.58. The van der Waals surface area contributed by atoms with E-state index >= 15 is 0 Å². The van der Waals surface area contributed by atoms with Gasteiger partial charge in [-0.15, -0.1) is 0 Å². The van der Waals surface area contributed by atoms with Gasteiger partial charge in [0.25, 0.3) is 0 Å². The zero-order valence-corrected chi connectivity index (χ0v) is 6.81. The molecule has 0 heterocycles. The molecule has 4 nitrogen and oxygen atoms in total. The van der Waals surface area contributed by atoms with E-state index in [2.05, 4.69) is 5.43 Å². The quantitative estimate of drug-likeness (QED) is 0.275. The maximum absolute atomic E-state index is 10.3. The van der Waals surface area contributed by atoms with Gasteiger partial charge in [0.2, 0.25) is 5.91 Å². The van der Waals surface area contributed by atoms with Crippen LogP contribution in [0.4, 0.5) is 0 Å². The van der Waals surface area contributed by atoms with E-state index in [1.165, 1.54) is 0 Å². The van der Waals surface area contributed by atoms with Crippen LogP contribution in [0.3, 0.4) is 0 Å². The Hall–Kier alpha value is -0.610. The number of amides is 1. The SMILES string of the molecule is NNCCCCCCC(N)=O. The second kappa shape index (κ2) is 7.50. The number of nitrogens with one attached hydrogen (secondary N) is 1. The molecule has 5 N–H and O–H groups in total. The molecule has 4 heteroatoms. The van der Waals surface area contributed by atoms with Crippen LogP contribution < -0.4 is 17.0 Å². The zero-order valence-electron chi connectivity index (χ0n) is 6.81. The van der Waals surface area contributed by atoms with Crippen LogP contribution in [0.2, 0.25) is 0 Å². The minimum absolute atomic E-state index is 0.207. The minimum atomic E-state index is -0.207. The van der Waals surface area contributed by atoms with Crippen molar-refractivity contribution in [2.45, 2.75) is 32.1 Å². The summed E-state index contributed by atoms with van der Waals surface area (Å²) in [4.78, 5) is 10.3. The highest BCUT2D eigenvalue weighted by atomic mass is 16.1. The number of carbonyl (C=O) groups excluding carboxylic acids is 1. The van der Waals surface area contributed by atoms with E-state index in [0.717, 1.165) is 32.2 Å². The van der Waals surface area contributed by atoms with E-state index in [-0.39, 0.29) is 5.91 Å². The highest BCUT2D eigenvalue weighted by molar-refractivity contribution is 5.73. The van der Waals surface area contributed by atoms with Crippen LogP contribution in [-0.2, 0) is 4.79 Å². The van der Waals surface area contributed by atoms with E-state index in [0.29, 0.717) is 6.42 Å². The van der Waals surface area contributed by atoms with Gasteiger partial charge in [-0.2, -0.15) is 0 Å². The molecule has 0 aliphatic carbocycles. The minimum Gasteiger partial charge on any atom is -0.370 e. The van der Waals surface area contributed by atoms with Crippen molar-refractivity contribution >= 4 is 5.91 Å². The normalized spacial score (nSPS) is 9.91. The number of unbranched alkanes of at least 4 members (excludes halogenated alkanes) is 3. The van der Waals surface area contributed by atoms with Gasteiger partial charge in [-0.3, -0.25) is 16.1 Å². The topological polar surface area (TPSA) is 81.1 Å². The van der Waals surface area contributed by atoms with Gasteiger partial charge < -0.3 is 5.73 Å². The summed E-state index contributed by atoms with van der Waals surface area (Å²) in [6, 6.07) is 0. The molecule has 1 amide bonds. The molecular formula is C7H17N3O. The average Bonchev–Trinajstić information content (AvgIpc) is 1.96. The average molecular weight is 159 g/mol. The summed E-state index contributed by atoms with van der Waals surface area (Å²) in [6.45, 7) is 0.844. The third-order valence-electron chi connectivity index (χ3n) is 1.49. The van der Waals surface area contributed by atoms with Gasteiger partial charge in [0, 0.05) is 13.0 Å². The van der Waals surface area contributed by atoms with Crippen molar-refractivity contribution in [1.82, 2.24) is 5.43 Å². The summed E-state index contributed by atoms with van der Waals surface area (Å²) < 4.78 is 0. The second-order valence-corrected chi connectivity index (χ2v) is 2.58. The van der Waals surface area contributed by atoms with Crippen molar-refractivity contribution in [2.24, 2.45) is 11.6 Å². The smallest absolute Gasteiger partial charge is 0.217 e. The van der Waals surface area contributed by atoms with E-state index in [1.807, 2.05) is 0 Å². The maximum Gasteiger partial charge on any atom is 0.217 e. The molecule has 0 aromatic carbocycles. The lowest BCUT2D eigenvalue weighted by atomic mass is 10.1. The van der Waals surface area contributed by atoms with Crippen molar-refractivity contribution < 1.29 is 4.79 Å². The molecule has 0 saturated heterocycles. The lowest BCUT2D eigenvalue weighted by Gasteiger charge is -1.98. The Balaban J connectivity index is 2.85. The number of hydrogen-bond acceptors (Lipinski definition) is 3. The molecular weight excluding hydrogens is 142 g/mol. The summed E-state index contributed by atoms with van der Waals surface area (Å²) in [5.74, 6) is 4.86. The lowest BCUT2D eigenvalue weighted by Crippen LogP contribution is -2.22. The first kappa shape index (κ1) is 10.4. The molecule has 11 heavy (non-hydrogen) atoms. The first-order chi connectivity index (χ1) is 5.27.